The monoisotopic (exact) mass is 239 g/mol. The van der Waals surface area contributed by atoms with E-state index in [4.69, 9.17) is 9.57 Å². The van der Waals surface area contributed by atoms with Crippen LogP contribution in [0.15, 0.2) is 12.1 Å². The van der Waals surface area contributed by atoms with Crippen molar-refractivity contribution in [1.29, 1.82) is 0 Å². The predicted molar refractivity (Wildman–Crippen MR) is 67.2 cm³/mol. The van der Waals surface area contributed by atoms with Crippen molar-refractivity contribution in [3.05, 3.63) is 23.3 Å². The Hall–Kier alpha value is -1.26. The molecule has 17 heavy (non-hydrogen) atoms. The third kappa shape index (κ3) is 3.35. The number of benzene rings is 1. The summed E-state index contributed by atoms with van der Waals surface area (Å²) in [6.07, 6.45) is 0. The summed E-state index contributed by atoms with van der Waals surface area (Å²) in [5.74, 6) is 1.03. The first-order valence-electron chi connectivity index (χ1n) is 5.56. The fourth-order valence-corrected chi connectivity index (χ4v) is 1.69. The average Bonchev–Trinajstić information content (AvgIpc) is 2.24. The molecule has 0 fully saturated rings. The lowest BCUT2D eigenvalue weighted by atomic mass is 9.85. The van der Waals surface area contributed by atoms with Crippen LogP contribution in [-0.2, 0) is 16.8 Å². The molecule has 0 aliphatic rings. The van der Waals surface area contributed by atoms with Gasteiger partial charge in [-0.3, -0.25) is 0 Å². The number of hydrogen-bond acceptors (Lipinski definition) is 4. The summed E-state index contributed by atoms with van der Waals surface area (Å²) >= 11 is 0. The van der Waals surface area contributed by atoms with Crippen LogP contribution in [0.2, 0.25) is 0 Å². The summed E-state index contributed by atoms with van der Waals surface area (Å²) in [4.78, 5) is 4.80. The number of hydrogen-bond donors (Lipinski definition) is 2. The molecule has 0 aromatic heterocycles. The molecule has 0 atom stereocenters. The highest BCUT2D eigenvalue weighted by molar-refractivity contribution is 5.48. The van der Waals surface area contributed by atoms with Crippen molar-refractivity contribution >= 4 is 0 Å². The zero-order chi connectivity index (χ0) is 13.1. The third-order valence-electron chi connectivity index (χ3n) is 2.61. The van der Waals surface area contributed by atoms with Gasteiger partial charge in [-0.15, -0.1) is 0 Å². The van der Waals surface area contributed by atoms with Crippen LogP contribution in [0.5, 0.6) is 11.5 Å². The van der Waals surface area contributed by atoms with E-state index in [1.807, 2.05) is 6.07 Å². The quantitative estimate of drug-likeness (QED) is 0.792. The Balaban J connectivity index is 3.15. The summed E-state index contributed by atoms with van der Waals surface area (Å²) in [6.45, 7) is 6.63. The maximum absolute atomic E-state index is 10.0. The van der Waals surface area contributed by atoms with Crippen molar-refractivity contribution in [3.63, 3.8) is 0 Å². The van der Waals surface area contributed by atoms with Crippen molar-refractivity contribution in [1.82, 2.24) is 5.48 Å². The molecular formula is C13H21NO3. The van der Waals surface area contributed by atoms with Gasteiger partial charge in [-0.2, -0.15) is 5.48 Å². The summed E-state index contributed by atoms with van der Waals surface area (Å²) in [5.41, 5.74) is 4.34. The van der Waals surface area contributed by atoms with Crippen molar-refractivity contribution in [2.24, 2.45) is 0 Å². The van der Waals surface area contributed by atoms with E-state index in [1.165, 1.54) is 0 Å². The molecular weight excluding hydrogens is 218 g/mol. The fourth-order valence-electron chi connectivity index (χ4n) is 1.69. The molecule has 4 nitrogen and oxygen atoms in total. The van der Waals surface area contributed by atoms with E-state index in [0.717, 1.165) is 16.9 Å². The van der Waals surface area contributed by atoms with Gasteiger partial charge in [-0.25, -0.2) is 0 Å². The molecule has 0 aliphatic carbocycles. The Kier molecular flexibility index (Phi) is 4.37. The predicted octanol–water partition coefficient (Wildman–Crippen LogP) is 2.35. The van der Waals surface area contributed by atoms with Crippen molar-refractivity contribution in [2.45, 2.75) is 32.7 Å². The smallest absolute Gasteiger partial charge is 0.124 e. The highest BCUT2D eigenvalue weighted by Gasteiger charge is 2.20. The summed E-state index contributed by atoms with van der Waals surface area (Å²) < 4.78 is 5.33. The first-order valence-corrected chi connectivity index (χ1v) is 5.56. The van der Waals surface area contributed by atoms with Gasteiger partial charge in [0.05, 0.1) is 14.2 Å². The number of methoxy groups -OCH3 is 1. The van der Waals surface area contributed by atoms with Gasteiger partial charge in [0.1, 0.15) is 11.5 Å². The Morgan fingerprint density at radius 2 is 1.88 bits per heavy atom. The van der Waals surface area contributed by atoms with E-state index in [9.17, 15) is 5.11 Å². The largest absolute Gasteiger partial charge is 0.508 e. The summed E-state index contributed by atoms with van der Waals surface area (Å²) in [7, 11) is 3.17. The second-order valence-corrected chi connectivity index (χ2v) is 4.96. The standard InChI is InChI=1S/C13H21NO3/c1-13(2,3)10-7-12(16-4)9(6-11(10)15)8-14-17-5/h6-7,14-15H,8H2,1-5H3. The van der Waals surface area contributed by atoms with Gasteiger partial charge >= 0.3 is 0 Å². The number of hydroxylamine groups is 1. The highest BCUT2D eigenvalue weighted by Crippen LogP contribution is 2.35. The van der Waals surface area contributed by atoms with Crippen LogP contribution < -0.4 is 10.2 Å². The minimum atomic E-state index is -0.120. The molecule has 2 N–H and O–H groups in total. The Labute approximate surface area is 103 Å². The number of nitrogens with one attached hydrogen (secondary N) is 1. The maximum atomic E-state index is 10.0. The first kappa shape index (κ1) is 13.8. The van der Waals surface area contributed by atoms with Gasteiger partial charge in [0.15, 0.2) is 0 Å². The second-order valence-electron chi connectivity index (χ2n) is 4.96. The molecule has 0 unspecified atom stereocenters. The molecule has 96 valence electrons. The van der Waals surface area contributed by atoms with Gasteiger partial charge in [0.2, 0.25) is 0 Å². The van der Waals surface area contributed by atoms with Crippen LogP contribution in [0.1, 0.15) is 31.9 Å². The van der Waals surface area contributed by atoms with Gasteiger partial charge in [-0.1, -0.05) is 20.8 Å². The Bertz CT molecular complexity index is 383. The summed E-state index contributed by atoms with van der Waals surface area (Å²) in [6, 6.07) is 3.59. The lowest BCUT2D eigenvalue weighted by Crippen LogP contribution is -2.14. The van der Waals surface area contributed by atoms with E-state index >= 15 is 0 Å². The third-order valence-corrected chi connectivity index (χ3v) is 2.61. The van der Waals surface area contributed by atoms with Crippen molar-refractivity contribution < 1.29 is 14.7 Å². The topological polar surface area (TPSA) is 50.7 Å². The second kappa shape index (κ2) is 5.38. The maximum Gasteiger partial charge on any atom is 0.124 e. The molecule has 0 saturated carbocycles. The van der Waals surface area contributed by atoms with Crippen molar-refractivity contribution in [2.75, 3.05) is 14.2 Å². The van der Waals surface area contributed by atoms with E-state index in [1.54, 1.807) is 20.3 Å². The molecule has 0 amide bonds. The first-order chi connectivity index (χ1) is 7.90. The van der Waals surface area contributed by atoms with Gasteiger partial charge in [0.25, 0.3) is 0 Å². The fraction of sp³-hybridized carbons (Fsp3) is 0.538. The lowest BCUT2D eigenvalue weighted by Gasteiger charge is -2.22. The molecule has 1 aromatic carbocycles. The van der Waals surface area contributed by atoms with Crippen LogP contribution in [-0.4, -0.2) is 19.3 Å². The van der Waals surface area contributed by atoms with Gasteiger partial charge in [-0.05, 0) is 17.5 Å². The van der Waals surface area contributed by atoms with Crippen LogP contribution in [0.3, 0.4) is 0 Å². The van der Waals surface area contributed by atoms with Crippen LogP contribution in [0.4, 0.5) is 0 Å². The molecule has 1 aromatic rings. The molecule has 0 bridgehead atoms. The number of rotatable bonds is 4. The minimum Gasteiger partial charge on any atom is -0.508 e. The number of phenolic OH excluding ortho intramolecular Hbond substituents is 1. The van der Waals surface area contributed by atoms with Crippen molar-refractivity contribution in [3.8, 4) is 11.5 Å². The van der Waals surface area contributed by atoms with E-state index in [-0.39, 0.29) is 11.2 Å². The molecule has 0 heterocycles. The molecule has 4 heteroatoms. The highest BCUT2D eigenvalue weighted by atomic mass is 16.6. The van der Waals surface area contributed by atoms with Crippen LogP contribution >= 0.6 is 0 Å². The molecule has 0 radical (unpaired) electrons. The molecule has 0 aliphatic heterocycles. The number of ether oxygens (including phenoxy) is 1. The van der Waals surface area contributed by atoms with E-state index < -0.39 is 0 Å². The summed E-state index contributed by atoms with van der Waals surface area (Å²) in [5, 5.41) is 10.0. The average molecular weight is 239 g/mol. The SMILES string of the molecule is CONCc1cc(O)c(C(C)(C)C)cc1OC. The molecule has 0 spiro atoms. The van der Waals surface area contributed by atoms with E-state index in [2.05, 4.69) is 26.3 Å². The Morgan fingerprint density at radius 1 is 1.24 bits per heavy atom. The van der Waals surface area contributed by atoms with Crippen LogP contribution in [0, 0.1) is 0 Å². The molecule has 1 rings (SSSR count). The minimum absolute atomic E-state index is 0.120. The normalized spacial score (nSPS) is 11.6. The zero-order valence-corrected chi connectivity index (χ0v) is 11.1. The number of aromatic hydroxyl groups is 1. The lowest BCUT2D eigenvalue weighted by molar-refractivity contribution is 0.0861. The van der Waals surface area contributed by atoms with Gasteiger partial charge in [0, 0.05) is 17.7 Å². The van der Waals surface area contributed by atoms with E-state index in [0.29, 0.717) is 6.54 Å². The molecule has 0 saturated heterocycles. The zero-order valence-electron chi connectivity index (χ0n) is 11.1. The van der Waals surface area contributed by atoms with Gasteiger partial charge < -0.3 is 14.7 Å². The van der Waals surface area contributed by atoms with Crippen LogP contribution in [0.25, 0.3) is 0 Å². The Morgan fingerprint density at radius 3 is 2.35 bits per heavy atom. The number of phenols is 1.